The number of carbonyl (C=O) groups is 3. The third kappa shape index (κ3) is 2.40. The van der Waals surface area contributed by atoms with Crippen LogP contribution in [0.4, 0.5) is 5.69 Å². The Morgan fingerprint density at radius 2 is 1.39 bits per heavy atom. The minimum absolute atomic E-state index is 0.314. The van der Waals surface area contributed by atoms with E-state index < -0.39 is 17.9 Å². The van der Waals surface area contributed by atoms with Gasteiger partial charge in [-0.3, -0.25) is 19.3 Å². The molecule has 3 amide bonds. The Hall–Kier alpha value is -2.95. The summed E-state index contributed by atoms with van der Waals surface area (Å²) in [6.07, 6.45) is 0. The van der Waals surface area contributed by atoms with Crippen molar-refractivity contribution in [2.24, 2.45) is 0 Å². The molecule has 0 spiro atoms. The predicted molar refractivity (Wildman–Crippen MR) is 86.3 cm³/mol. The van der Waals surface area contributed by atoms with Gasteiger partial charge in [-0.05, 0) is 31.2 Å². The summed E-state index contributed by atoms with van der Waals surface area (Å²) in [7, 11) is 1.63. The SMILES string of the molecule is CC(C(=O)N(C)c1ccccc1)N1C(=O)c2ccccc2C1=O. The lowest BCUT2D eigenvalue weighted by Crippen LogP contribution is -2.48. The summed E-state index contributed by atoms with van der Waals surface area (Å²) < 4.78 is 0. The number of anilines is 1. The smallest absolute Gasteiger partial charge is 0.262 e. The standard InChI is InChI=1S/C18H16N2O3/c1-12(16(21)19(2)13-8-4-3-5-9-13)20-17(22)14-10-6-7-11-15(14)18(20)23/h3-12H,1-2H3. The molecule has 116 valence electrons. The quantitative estimate of drug-likeness (QED) is 0.818. The first-order valence-corrected chi connectivity index (χ1v) is 7.32. The Kier molecular flexibility index (Phi) is 3.70. The summed E-state index contributed by atoms with van der Waals surface area (Å²) in [5.74, 6) is -1.16. The minimum atomic E-state index is -0.868. The van der Waals surface area contributed by atoms with E-state index in [1.807, 2.05) is 18.2 Å². The van der Waals surface area contributed by atoms with Gasteiger partial charge in [0.1, 0.15) is 6.04 Å². The van der Waals surface area contributed by atoms with Gasteiger partial charge < -0.3 is 4.90 Å². The van der Waals surface area contributed by atoms with Crippen molar-refractivity contribution in [3.05, 3.63) is 65.7 Å². The number of nitrogens with zero attached hydrogens (tertiary/aromatic N) is 2. The van der Waals surface area contributed by atoms with E-state index in [0.29, 0.717) is 16.8 Å². The number of hydrogen-bond donors (Lipinski definition) is 0. The van der Waals surface area contributed by atoms with Crippen molar-refractivity contribution in [3.63, 3.8) is 0 Å². The highest BCUT2D eigenvalue weighted by Crippen LogP contribution is 2.25. The number of imide groups is 1. The van der Waals surface area contributed by atoms with Crippen LogP contribution in [-0.4, -0.2) is 35.7 Å². The molecule has 0 aliphatic carbocycles. The van der Waals surface area contributed by atoms with E-state index in [-0.39, 0.29) is 5.91 Å². The number of hydrogen-bond acceptors (Lipinski definition) is 3. The van der Waals surface area contributed by atoms with Crippen molar-refractivity contribution in [2.45, 2.75) is 13.0 Å². The van der Waals surface area contributed by atoms with Gasteiger partial charge in [-0.15, -0.1) is 0 Å². The zero-order chi connectivity index (χ0) is 16.6. The van der Waals surface area contributed by atoms with Crippen LogP contribution in [0.1, 0.15) is 27.6 Å². The van der Waals surface area contributed by atoms with Crippen LogP contribution in [0.25, 0.3) is 0 Å². The van der Waals surface area contributed by atoms with Crippen molar-refractivity contribution in [3.8, 4) is 0 Å². The van der Waals surface area contributed by atoms with E-state index in [2.05, 4.69) is 0 Å². The van der Waals surface area contributed by atoms with E-state index in [1.165, 1.54) is 4.90 Å². The van der Waals surface area contributed by atoms with Crippen LogP contribution in [0.3, 0.4) is 0 Å². The number of amides is 3. The first-order chi connectivity index (χ1) is 11.0. The number of benzene rings is 2. The molecule has 5 nitrogen and oxygen atoms in total. The molecule has 0 aromatic heterocycles. The predicted octanol–water partition coefficient (Wildman–Crippen LogP) is 2.33. The Balaban J connectivity index is 1.87. The van der Waals surface area contributed by atoms with E-state index in [1.54, 1.807) is 50.4 Å². The third-order valence-electron chi connectivity index (χ3n) is 4.04. The van der Waals surface area contributed by atoms with Gasteiger partial charge in [0.15, 0.2) is 0 Å². The zero-order valence-electron chi connectivity index (χ0n) is 12.9. The van der Waals surface area contributed by atoms with Gasteiger partial charge >= 0.3 is 0 Å². The third-order valence-corrected chi connectivity index (χ3v) is 4.04. The molecule has 23 heavy (non-hydrogen) atoms. The van der Waals surface area contributed by atoms with Crippen LogP contribution in [0.2, 0.25) is 0 Å². The first-order valence-electron chi connectivity index (χ1n) is 7.32. The minimum Gasteiger partial charge on any atom is -0.314 e. The normalized spacial score (nSPS) is 14.6. The molecule has 0 fully saturated rings. The van der Waals surface area contributed by atoms with E-state index >= 15 is 0 Å². The van der Waals surface area contributed by atoms with Crippen LogP contribution >= 0.6 is 0 Å². The maximum Gasteiger partial charge on any atom is 0.262 e. The fraction of sp³-hybridized carbons (Fsp3) is 0.167. The van der Waals surface area contributed by atoms with E-state index in [9.17, 15) is 14.4 Å². The monoisotopic (exact) mass is 308 g/mol. The number of fused-ring (bicyclic) bond motifs is 1. The second-order valence-electron chi connectivity index (χ2n) is 5.43. The van der Waals surface area contributed by atoms with Crippen LogP contribution in [-0.2, 0) is 4.79 Å². The van der Waals surface area contributed by atoms with Crippen LogP contribution in [0.5, 0.6) is 0 Å². The van der Waals surface area contributed by atoms with Gasteiger partial charge in [-0.1, -0.05) is 30.3 Å². The average Bonchev–Trinajstić information content (AvgIpc) is 2.85. The van der Waals surface area contributed by atoms with Crippen molar-refractivity contribution in [1.82, 2.24) is 4.90 Å². The molecule has 1 unspecified atom stereocenters. The molecule has 2 aromatic carbocycles. The van der Waals surface area contributed by atoms with Gasteiger partial charge in [0, 0.05) is 12.7 Å². The largest absolute Gasteiger partial charge is 0.314 e. The molecule has 0 N–H and O–H groups in total. The van der Waals surface area contributed by atoms with Gasteiger partial charge in [0.05, 0.1) is 11.1 Å². The number of likely N-dealkylation sites (N-methyl/N-ethyl adjacent to an activating group) is 1. The molecule has 3 rings (SSSR count). The molecule has 0 saturated carbocycles. The molecule has 2 aromatic rings. The molecule has 0 radical (unpaired) electrons. The lowest BCUT2D eigenvalue weighted by molar-refractivity contribution is -0.121. The average molecular weight is 308 g/mol. The second kappa shape index (κ2) is 5.68. The summed E-state index contributed by atoms with van der Waals surface area (Å²) in [6.45, 7) is 1.57. The van der Waals surface area contributed by atoms with Crippen molar-refractivity contribution in [2.75, 3.05) is 11.9 Å². The summed E-state index contributed by atoms with van der Waals surface area (Å²) in [4.78, 5) is 40.0. The summed E-state index contributed by atoms with van der Waals surface area (Å²) in [5.41, 5.74) is 1.40. The fourth-order valence-electron chi connectivity index (χ4n) is 2.73. The maximum atomic E-state index is 12.7. The van der Waals surface area contributed by atoms with Gasteiger partial charge in [0.2, 0.25) is 5.91 Å². The van der Waals surface area contributed by atoms with Gasteiger partial charge in [0.25, 0.3) is 11.8 Å². The molecule has 1 atom stereocenters. The van der Waals surface area contributed by atoms with Crippen LogP contribution < -0.4 is 4.90 Å². The van der Waals surface area contributed by atoms with E-state index in [4.69, 9.17) is 0 Å². The lowest BCUT2D eigenvalue weighted by Gasteiger charge is -2.26. The molecular formula is C18H16N2O3. The summed E-state index contributed by atoms with van der Waals surface area (Å²) >= 11 is 0. The van der Waals surface area contributed by atoms with Gasteiger partial charge in [-0.2, -0.15) is 0 Å². The Bertz CT molecular complexity index is 751. The molecular weight excluding hydrogens is 292 g/mol. The second-order valence-corrected chi connectivity index (χ2v) is 5.43. The molecule has 0 saturated heterocycles. The van der Waals surface area contributed by atoms with Crippen molar-refractivity contribution < 1.29 is 14.4 Å². The molecule has 1 aliphatic rings. The van der Waals surface area contributed by atoms with Crippen LogP contribution in [0.15, 0.2) is 54.6 Å². The Labute approximate surface area is 134 Å². The highest BCUT2D eigenvalue weighted by atomic mass is 16.2. The Morgan fingerprint density at radius 3 is 1.91 bits per heavy atom. The number of para-hydroxylation sites is 1. The number of rotatable bonds is 3. The first kappa shape index (κ1) is 15.0. The highest BCUT2D eigenvalue weighted by molar-refractivity contribution is 6.23. The fourth-order valence-corrected chi connectivity index (χ4v) is 2.73. The molecule has 1 heterocycles. The molecule has 5 heteroatoms. The summed E-state index contributed by atoms with van der Waals surface area (Å²) in [5, 5.41) is 0. The maximum absolute atomic E-state index is 12.7. The zero-order valence-corrected chi connectivity index (χ0v) is 12.9. The van der Waals surface area contributed by atoms with Gasteiger partial charge in [-0.25, -0.2) is 0 Å². The van der Waals surface area contributed by atoms with Crippen LogP contribution in [0, 0.1) is 0 Å². The van der Waals surface area contributed by atoms with Crippen molar-refractivity contribution in [1.29, 1.82) is 0 Å². The van der Waals surface area contributed by atoms with E-state index in [0.717, 1.165) is 4.90 Å². The summed E-state index contributed by atoms with van der Waals surface area (Å²) in [6, 6.07) is 14.9. The van der Waals surface area contributed by atoms with Crippen molar-refractivity contribution >= 4 is 23.4 Å². The number of carbonyl (C=O) groups excluding carboxylic acids is 3. The Morgan fingerprint density at radius 1 is 0.913 bits per heavy atom. The molecule has 0 bridgehead atoms. The topological polar surface area (TPSA) is 57.7 Å². The lowest BCUT2D eigenvalue weighted by atomic mass is 10.1. The highest BCUT2D eigenvalue weighted by Gasteiger charge is 2.41. The molecule has 1 aliphatic heterocycles.